The van der Waals surface area contributed by atoms with Gasteiger partial charge in [0.05, 0.1) is 17.7 Å². The van der Waals surface area contributed by atoms with E-state index in [2.05, 4.69) is 21.2 Å². The topological polar surface area (TPSA) is 96.0 Å². The molecule has 41 heavy (non-hydrogen) atoms. The molecule has 0 bridgehead atoms. The molecule has 8 nitrogen and oxygen atoms in total. The maximum atomic E-state index is 14.2. The fraction of sp³-hybridized carbons (Fsp3) is 0.355. The van der Waals surface area contributed by atoms with Gasteiger partial charge in [-0.15, -0.1) is 0 Å². The van der Waals surface area contributed by atoms with Crippen LogP contribution in [0.5, 0.6) is 5.75 Å². The maximum absolute atomic E-state index is 14.2. The number of sulfonamides is 1. The lowest BCUT2D eigenvalue weighted by molar-refractivity contribution is -0.141. The average Bonchev–Trinajstić information content (AvgIpc) is 2.90. The van der Waals surface area contributed by atoms with Gasteiger partial charge in [-0.25, -0.2) is 8.42 Å². The van der Waals surface area contributed by atoms with E-state index in [9.17, 15) is 18.0 Å². The van der Waals surface area contributed by atoms with Gasteiger partial charge in [0.1, 0.15) is 18.3 Å². The van der Waals surface area contributed by atoms with E-state index in [1.165, 1.54) is 17.0 Å². The van der Waals surface area contributed by atoms with Gasteiger partial charge < -0.3 is 15.0 Å². The molecule has 0 radical (unpaired) electrons. The summed E-state index contributed by atoms with van der Waals surface area (Å²) in [5.74, 6) is -0.217. The van der Waals surface area contributed by atoms with Crippen LogP contribution in [0.25, 0.3) is 0 Å². The summed E-state index contributed by atoms with van der Waals surface area (Å²) in [5.41, 5.74) is 1.46. The summed E-state index contributed by atoms with van der Waals surface area (Å²) in [5, 5.41) is 2.97. The zero-order chi connectivity index (χ0) is 30.4. The molecule has 1 N–H and O–H groups in total. The SMILES string of the molecule is CCC(C(=O)NC(C)(C)C)N(Cc1cccc(OC)c1)C(=O)CN(c1cccc(Br)c1)S(=O)(=O)c1ccc(C)cc1. The lowest BCUT2D eigenvalue weighted by atomic mass is 10.1. The lowest BCUT2D eigenvalue weighted by Gasteiger charge is -2.34. The Hall–Kier alpha value is -3.37. The highest BCUT2D eigenvalue weighted by atomic mass is 79.9. The summed E-state index contributed by atoms with van der Waals surface area (Å²) in [6, 6.07) is 19.7. The summed E-state index contributed by atoms with van der Waals surface area (Å²) >= 11 is 3.42. The summed E-state index contributed by atoms with van der Waals surface area (Å²) in [6.07, 6.45) is 0.333. The summed E-state index contributed by atoms with van der Waals surface area (Å²) in [7, 11) is -2.58. The number of carbonyl (C=O) groups excluding carboxylic acids is 2. The minimum Gasteiger partial charge on any atom is -0.497 e. The van der Waals surface area contributed by atoms with Crippen molar-refractivity contribution in [3.8, 4) is 5.75 Å². The fourth-order valence-electron chi connectivity index (χ4n) is 4.34. The van der Waals surface area contributed by atoms with E-state index in [0.717, 1.165) is 15.4 Å². The van der Waals surface area contributed by atoms with E-state index in [1.54, 1.807) is 55.6 Å². The molecule has 2 amide bonds. The first-order valence-electron chi connectivity index (χ1n) is 13.3. The molecule has 0 aliphatic rings. The number of hydrogen-bond donors (Lipinski definition) is 1. The molecule has 3 aromatic rings. The van der Waals surface area contributed by atoms with Crippen LogP contribution < -0.4 is 14.4 Å². The third kappa shape index (κ3) is 8.56. The molecule has 0 heterocycles. The molecule has 1 atom stereocenters. The molecule has 220 valence electrons. The Morgan fingerprint density at radius 3 is 2.24 bits per heavy atom. The molecular weight excluding hydrogens is 606 g/mol. The number of benzene rings is 3. The van der Waals surface area contributed by atoms with Gasteiger partial charge >= 0.3 is 0 Å². The Bertz CT molecular complexity index is 1470. The second-order valence-electron chi connectivity index (χ2n) is 10.8. The van der Waals surface area contributed by atoms with Gasteiger partial charge in [-0.2, -0.15) is 0 Å². The van der Waals surface area contributed by atoms with Crippen LogP contribution in [0.3, 0.4) is 0 Å². The van der Waals surface area contributed by atoms with Crippen molar-refractivity contribution >= 4 is 43.5 Å². The Kier molecular flexibility index (Phi) is 10.6. The van der Waals surface area contributed by atoms with Gasteiger partial charge in [-0.1, -0.05) is 58.7 Å². The molecule has 3 aromatic carbocycles. The van der Waals surface area contributed by atoms with Crippen molar-refractivity contribution in [2.24, 2.45) is 0 Å². The van der Waals surface area contributed by atoms with Gasteiger partial charge in [-0.3, -0.25) is 13.9 Å². The molecular formula is C31H38BrN3O5S. The predicted molar refractivity (Wildman–Crippen MR) is 165 cm³/mol. The highest BCUT2D eigenvalue weighted by Crippen LogP contribution is 2.27. The van der Waals surface area contributed by atoms with Crippen molar-refractivity contribution in [1.82, 2.24) is 10.2 Å². The molecule has 0 aromatic heterocycles. The Morgan fingerprint density at radius 2 is 1.66 bits per heavy atom. The third-order valence-electron chi connectivity index (χ3n) is 6.36. The molecule has 0 aliphatic heterocycles. The van der Waals surface area contributed by atoms with E-state index < -0.39 is 34.1 Å². The van der Waals surface area contributed by atoms with Crippen LogP contribution in [0.2, 0.25) is 0 Å². The second-order valence-corrected chi connectivity index (χ2v) is 13.6. The molecule has 0 saturated heterocycles. The van der Waals surface area contributed by atoms with E-state index in [0.29, 0.717) is 22.3 Å². The smallest absolute Gasteiger partial charge is 0.264 e. The van der Waals surface area contributed by atoms with Crippen molar-refractivity contribution in [3.63, 3.8) is 0 Å². The fourth-order valence-corrected chi connectivity index (χ4v) is 6.13. The number of anilines is 1. The minimum atomic E-state index is -4.14. The largest absolute Gasteiger partial charge is 0.497 e. The van der Waals surface area contributed by atoms with Crippen LogP contribution in [0.15, 0.2) is 82.2 Å². The van der Waals surface area contributed by atoms with Crippen molar-refractivity contribution < 1.29 is 22.7 Å². The van der Waals surface area contributed by atoms with Crippen LogP contribution in [0.1, 0.15) is 45.2 Å². The molecule has 0 saturated carbocycles. The zero-order valence-corrected chi connectivity index (χ0v) is 26.8. The van der Waals surface area contributed by atoms with E-state index in [1.807, 2.05) is 46.8 Å². The summed E-state index contributed by atoms with van der Waals surface area (Å²) in [4.78, 5) is 29.1. The number of nitrogens with one attached hydrogen (secondary N) is 1. The van der Waals surface area contributed by atoms with Crippen molar-refractivity contribution in [2.45, 2.75) is 64.1 Å². The molecule has 3 rings (SSSR count). The van der Waals surface area contributed by atoms with Crippen LogP contribution >= 0.6 is 15.9 Å². The van der Waals surface area contributed by atoms with Gasteiger partial charge in [0.15, 0.2) is 0 Å². The van der Waals surface area contributed by atoms with Gasteiger partial charge in [0.2, 0.25) is 11.8 Å². The lowest BCUT2D eigenvalue weighted by Crippen LogP contribution is -2.55. The Labute approximate surface area is 251 Å². The number of halogens is 1. The number of rotatable bonds is 11. The van der Waals surface area contributed by atoms with Crippen LogP contribution in [0, 0.1) is 6.92 Å². The number of nitrogens with zero attached hydrogens (tertiary/aromatic N) is 2. The van der Waals surface area contributed by atoms with Gasteiger partial charge in [0.25, 0.3) is 10.0 Å². The molecule has 0 fully saturated rings. The molecule has 1 unspecified atom stereocenters. The standard InChI is InChI=1S/C31H38BrN3O5S/c1-7-28(30(37)33-31(3,4)5)34(20-23-10-8-13-26(18-23)40-6)29(36)21-35(25-12-9-11-24(32)19-25)41(38,39)27-16-14-22(2)15-17-27/h8-19,28H,7,20-21H2,1-6H3,(H,33,37). The van der Waals surface area contributed by atoms with Crippen molar-refractivity contribution in [2.75, 3.05) is 18.0 Å². The van der Waals surface area contributed by atoms with Crippen LogP contribution in [0.4, 0.5) is 5.69 Å². The normalized spacial score (nSPS) is 12.4. The summed E-state index contributed by atoms with van der Waals surface area (Å²) in [6.45, 7) is 8.89. The Balaban J connectivity index is 2.08. The predicted octanol–water partition coefficient (Wildman–Crippen LogP) is 5.68. The minimum absolute atomic E-state index is 0.0627. The maximum Gasteiger partial charge on any atom is 0.264 e. The number of aryl methyl sites for hydroxylation is 1. The highest BCUT2D eigenvalue weighted by Gasteiger charge is 2.34. The van der Waals surface area contributed by atoms with Gasteiger partial charge in [0, 0.05) is 16.6 Å². The van der Waals surface area contributed by atoms with Crippen molar-refractivity contribution in [1.29, 1.82) is 0 Å². The second kappa shape index (κ2) is 13.5. The zero-order valence-electron chi connectivity index (χ0n) is 24.3. The quantitative estimate of drug-likeness (QED) is 0.290. The Morgan fingerprint density at radius 1 is 1.00 bits per heavy atom. The number of methoxy groups -OCH3 is 1. The molecule has 10 heteroatoms. The first kappa shape index (κ1) is 32.1. The number of amides is 2. The first-order valence-corrected chi connectivity index (χ1v) is 15.6. The number of ether oxygens (including phenoxy) is 1. The van der Waals surface area contributed by atoms with E-state index in [4.69, 9.17) is 4.74 Å². The molecule has 0 aliphatic carbocycles. The number of hydrogen-bond acceptors (Lipinski definition) is 5. The monoisotopic (exact) mass is 643 g/mol. The van der Waals surface area contributed by atoms with E-state index in [-0.39, 0.29) is 17.3 Å². The third-order valence-corrected chi connectivity index (χ3v) is 8.64. The van der Waals surface area contributed by atoms with Gasteiger partial charge in [-0.05, 0) is 82.1 Å². The summed E-state index contributed by atoms with van der Waals surface area (Å²) < 4.78 is 35.0. The van der Waals surface area contributed by atoms with Crippen molar-refractivity contribution in [3.05, 3.63) is 88.4 Å². The number of carbonyl (C=O) groups is 2. The van der Waals surface area contributed by atoms with E-state index >= 15 is 0 Å². The first-order chi connectivity index (χ1) is 19.2. The highest BCUT2D eigenvalue weighted by molar-refractivity contribution is 9.10. The van der Waals surface area contributed by atoms with Crippen LogP contribution in [-0.4, -0.2) is 50.4 Å². The van der Waals surface area contributed by atoms with Crippen LogP contribution in [-0.2, 0) is 26.2 Å². The average molecular weight is 645 g/mol. The molecule has 0 spiro atoms.